The predicted molar refractivity (Wildman–Crippen MR) is 131 cm³/mol. The number of para-hydroxylation sites is 1. The number of rotatable bonds is 6. The molecular weight excluding hydrogens is 560 g/mol. The largest absolute Gasteiger partial charge is 0.488 e. The molecule has 1 heterocycles. The van der Waals surface area contributed by atoms with Gasteiger partial charge in [-0.2, -0.15) is 5.10 Å². The van der Waals surface area contributed by atoms with Gasteiger partial charge in [-0.25, -0.2) is 4.79 Å². The van der Waals surface area contributed by atoms with Gasteiger partial charge in [0.1, 0.15) is 12.4 Å². The van der Waals surface area contributed by atoms with Crippen LogP contribution in [0.15, 0.2) is 84.3 Å². The van der Waals surface area contributed by atoms with Crippen molar-refractivity contribution in [2.24, 2.45) is 5.10 Å². The third kappa shape index (κ3) is 4.94. The molecule has 11 heteroatoms. The number of ether oxygens (including phenoxy) is 1. The quantitative estimate of drug-likeness (QED) is 0.206. The molecular formula is C22H14Br2N4O5. The van der Waals surface area contributed by atoms with Gasteiger partial charge in [-0.1, -0.05) is 50.1 Å². The number of nitrogens with one attached hydrogen (secondary N) is 1. The second-order valence-electron chi connectivity index (χ2n) is 6.84. The molecule has 4 rings (SSSR count). The van der Waals surface area contributed by atoms with Crippen LogP contribution in [0.4, 0.5) is 5.69 Å². The van der Waals surface area contributed by atoms with Gasteiger partial charge in [0.05, 0.1) is 22.0 Å². The number of nitro groups is 1. The van der Waals surface area contributed by atoms with E-state index in [2.05, 4.69) is 41.9 Å². The highest BCUT2D eigenvalue weighted by Gasteiger charge is 2.13. The van der Waals surface area contributed by atoms with E-state index in [0.29, 0.717) is 15.9 Å². The first-order chi connectivity index (χ1) is 15.8. The second kappa shape index (κ2) is 9.51. The Balaban J connectivity index is 1.72. The average Bonchev–Trinajstić information content (AvgIpc) is 2.78. The standard InChI is InChI=1S/C22H14Br2N4O5/c23-15-6-5-13(18(24)10-15)12-33-20-8-7-16(28(31)32)9-14(20)11-25-27-21(29)17-3-1-2-4-19(17)26-22(27)30/h1-11H,12H2,(H,26,30). The Bertz CT molecular complexity index is 1530. The van der Waals surface area contributed by atoms with Crippen molar-refractivity contribution in [2.75, 3.05) is 0 Å². The number of aromatic amines is 1. The van der Waals surface area contributed by atoms with Gasteiger partial charge in [0.2, 0.25) is 0 Å². The molecule has 166 valence electrons. The number of hydrogen-bond acceptors (Lipinski definition) is 6. The van der Waals surface area contributed by atoms with Crippen LogP contribution in [0.3, 0.4) is 0 Å². The lowest BCUT2D eigenvalue weighted by atomic mass is 10.2. The van der Waals surface area contributed by atoms with Gasteiger partial charge in [0.25, 0.3) is 11.2 Å². The molecule has 4 aromatic rings. The van der Waals surface area contributed by atoms with E-state index in [1.165, 1.54) is 24.4 Å². The van der Waals surface area contributed by atoms with E-state index in [0.717, 1.165) is 14.5 Å². The van der Waals surface area contributed by atoms with Gasteiger partial charge < -0.3 is 9.72 Å². The Morgan fingerprint density at radius 2 is 1.88 bits per heavy atom. The molecule has 3 aromatic carbocycles. The molecule has 33 heavy (non-hydrogen) atoms. The maximum Gasteiger partial charge on any atom is 0.349 e. The zero-order chi connectivity index (χ0) is 23.5. The fourth-order valence-electron chi connectivity index (χ4n) is 3.05. The highest BCUT2D eigenvalue weighted by atomic mass is 79.9. The van der Waals surface area contributed by atoms with Gasteiger partial charge in [0, 0.05) is 32.2 Å². The molecule has 0 aliphatic heterocycles. The van der Waals surface area contributed by atoms with E-state index in [4.69, 9.17) is 4.74 Å². The molecule has 0 saturated heterocycles. The Hall–Kier alpha value is -3.57. The van der Waals surface area contributed by atoms with E-state index < -0.39 is 16.2 Å². The van der Waals surface area contributed by atoms with E-state index >= 15 is 0 Å². The maximum absolute atomic E-state index is 12.7. The van der Waals surface area contributed by atoms with Gasteiger partial charge in [-0.15, -0.1) is 4.68 Å². The number of hydrogen-bond donors (Lipinski definition) is 1. The molecule has 0 amide bonds. The minimum atomic E-state index is -0.735. The lowest BCUT2D eigenvalue weighted by molar-refractivity contribution is -0.384. The maximum atomic E-state index is 12.7. The molecule has 0 bridgehead atoms. The number of nitrogens with zero attached hydrogens (tertiary/aromatic N) is 3. The summed E-state index contributed by atoms with van der Waals surface area (Å²) in [5.41, 5.74) is -0.0655. The normalized spacial score (nSPS) is 11.2. The molecule has 0 fully saturated rings. The van der Waals surface area contributed by atoms with Crippen molar-refractivity contribution >= 4 is 54.7 Å². The van der Waals surface area contributed by atoms with Crippen LogP contribution in [0, 0.1) is 10.1 Å². The Kier molecular flexibility index (Phi) is 6.52. The molecule has 0 radical (unpaired) electrons. The fraction of sp³-hybridized carbons (Fsp3) is 0.0455. The smallest absolute Gasteiger partial charge is 0.349 e. The summed E-state index contributed by atoms with van der Waals surface area (Å²) in [7, 11) is 0. The third-order valence-electron chi connectivity index (χ3n) is 4.70. The molecule has 1 aromatic heterocycles. The molecule has 0 aliphatic rings. The minimum Gasteiger partial charge on any atom is -0.488 e. The summed E-state index contributed by atoms with van der Waals surface area (Å²) in [4.78, 5) is 38.3. The van der Waals surface area contributed by atoms with E-state index in [-0.39, 0.29) is 23.2 Å². The highest BCUT2D eigenvalue weighted by molar-refractivity contribution is 9.11. The molecule has 0 aliphatic carbocycles. The van der Waals surface area contributed by atoms with Gasteiger partial charge >= 0.3 is 5.69 Å². The van der Waals surface area contributed by atoms with Crippen molar-refractivity contribution in [1.29, 1.82) is 0 Å². The topological polar surface area (TPSA) is 120 Å². The summed E-state index contributed by atoms with van der Waals surface area (Å²) >= 11 is 6.85. The van der Waals surface area contributed by atoms with Crippen LogP contribution in [0.5, 0.6) is 5.75 Å². The van der Waals surface area contributed by atoms with Gasteiger partial charge in [-0.3, -0.25) is 14.9 Å². The Labute approximate surface area is 202 Å². The summed E-state index contributed by atoms with van der Waals surface area (Å²) in [6.07, 6.45) is 1.18. The molecule has 0 saturated carbocycles. The van der Waals surface area contributed by atoms with Crippen molar-refractivity contribution in [3.8, 4) is 5.75 Å². The highest BCUT2D eigenvalue weighted by Crippen LogP contribution is 2.26. The monoisotopic (exact) mass is 572 g/mol. The van der Waals surface area contributed by atoms with Crippen LogP contribution in [0.1, 0.15) is 11.1 Å². The van der Waals surface area contributed by atoms with E-state index in [1.807, 2.05) is 18.2 Å². The van der Waals surface area contributed by atoms with Crippen LogP contribution in [0.2, 0.25) is 0 Å². The average molecular weight is 574 g/mol. The van der Waals surface area contributed by atoms with E-state index in [1.54, 1.807) is 24.3 Å². The Morgan fingerprint density at radius 3 is 2.64 bits per heavy atom. The number of aromatic nitrogens is 2. The molecule has 9 nitrogen and oxygen atoms in total. The molecule has 0 spiro atoms. The summed E-state index contributed by atoms with van der Waals surface area (Å²) in [6.45, 7) is 0.170. The number of non-ortho nitro benzene ring substituents is 1. The first-order valence-electron chi connectivity index (χ1n) is 9.47. The summed E-state index contributed by atoms with van der Waals surface area (Å²) in [5.74, 6) is 0.296. The van der Waals surface area contributed by atoms with Gasteiger partial charge in [-0.05, 0) is 30.3 Å². The van der Waals surface area contributed by atoms with E-state index in [9.17, 15) is 19.7 Å². The first-order valence-corrected chi connectivity index (χ1v) is 11.1. The van der Waals surface area contributed by atoms with Crippen LogP contribution < -0.4 is 16.0 Å². The lowest BCUT2D eigenvalue weighted by Gasteiger charge is -2.11. The van der Waals surface area contributed by atoms with Crippen LogP contribution in [-0.4, -0.2) is 20.8 Å². The van der Waals surface area contributed by atoms with Crippen molar-refractivity contribution in [1.82, 2.24) is 9.66 Å². The number of halogens is 2. The second-order valence-corrected chi connectivity index (χ2v) is 8.61. The minimum absolute atomic E-state index is 0.170. The summed E-state index contributed by atoms with van der Waals surface area (Å²) in [5, 5.41) is 15.5. The zero-order valence-electron chi connectivity index (χ0n) is 16.7. The van der Waals surface area contributed by atoms with Crippen LogP contribution in [-0.2, 0) is 6.61 Å². The first kappa shape index (κ1) is 22.6. The summed E-state index contributed by atoms with van der Waals surface area (Å²) in [6, 6.07) is 16.1. The van der Waals surface area contributed by atoms with Crippen molar-refractivity contribution in [3.05, 3.63) is 112 Å². The number of benzene rings is 3. The van der Waals surface area contributed by atoms with Gasteiger partial charge in [0.15, 0.2) is 0 Å². The van der Waals surface area contributed by atoms with Crippen molar-refractivity contribution < 1.29 is 9.66 Å². The molecule has 0 unspecified atom stereocenters. The SMILES string of the molecule is O=c1[nH]c2ccccc2c(=O)n1N=Cc1cc([N+](=O)[O-])ccc1OCc1ccc(Br)cc1Br. The summed E-state index contributed by atoms with van der Waals surface area (Å²) < 4.78 is 8.25. The zero-order valence-corrected chi connectivity index (χ0v) is 19.9. The van der Waals surface area contributed by atoms with Crippen LogP contribution in [0.25, 0.3) is 10.9 Å². The lowest BCUT2D eigenvalue weighted by Crippen LogP contribution is -2.32. The van der Waals surface area contributed by atoms with Crippen molar-refractivity contribution in [2.45, 2.75) is 6.61 Å². The molecule has 1 N–H and O–H groups in total. The predicted octanol–water partition coefficient (Wildman–Crippen LogP) is 4.58. The van der Waals surface area contributed by atoms with Crippen LogP contribution >= 0.6 is 31.9 Å². The van der Waals surface area contributed by atoms with Crippen molar-refractivity contribution in [3.63, 3.8) is 0 Å². The third-order valence-corrected chi connectivity index (χ3v) is 5.93. The number of fused-ring (bicyclic) bond motifs is 1. The molecule has 0 atom stereocenters. The fourth-order valence-corrected chi connectivity index (χ4v) is 4.22. The number of nitro benzene ring substituents is 1. The Morgan fingerprint density at radius 1 is 1.09 bits per heavy atom. The number of H-pyrrole nitrogens is 1.